The number of carbonyl (C=O) groups is 2. The van der Waals surface area contributed by atoms with Crippen LogP contribution in [0.15, 0.2) is 30.3 Å². The summed E-state index contributed by atoms with van der Waals surface area (Å²) in [4.78, 5) is 27.4. The van der Waals surface area contributed by atoms with Crippen molar-refractivity contribution in [2.45, 2.75) is 186 Å². The Balaban J connectivity index is 3.00. The molecule has 0 heterocycles. The summed E-state index contributed by atoms with van der Waals surface area (Å²) >= 11 is 0. The topological polar surface area (TPSA) is 37.4 Å². The van der Waals surface area contributed by atoms with Gasteiger partial charge in [-0.15, -0.1) is 0 Å². The molecule has 0 fully saturated rings. The Labute approximate surface area is 389 Å². The minimum absolute atomic E-state index is 0.0970. The van der Waals surface area contributed by atoms with Crippen LogP contribution in [0.3, 0.4) is 0 Å². The molecule has 0 N–H and O–H groups in total. The van der Waals surface area contributed by atoms with Gasteiger partial charge in [-0.25, -0.2) is 0 Å². The van der Waals surface area contributed by atoms with Gasteiger partial charge in [-0.1, -0.05) is 205 Å². The van der Waals surface area contributed by atoms with Crippen molar-refractivity contribution in [3.8, 4) is 0 Å². The van der Waals surface area contributed by atoms with E-state index in [1.807, 2.05) is 44.2 Å². The van der Waals surface area contributed by atoms with Crippen molar-refractivity contribution < 1.29 is 9.59 Å². The second-order valence-electron chi connectivity index (χ2n) is 24.1. The number of imide groups is 1. The van der Waals surface area contributed by atoms with Crippen LogP contribution in [0, 0.1) is 142 Å². The van der Waals surface area contributed by atoms with Crippen LogP contribution in [0.1, 0.15) is 186 Å². The average molecular weight is 865 g/mol. The number of nitrogens with zero attached hydrogens (tertiary/aromatic N) is 1. The molecule has 3 heteroatoms. The molecule has 1 aromatic rings. The highest BCUT2D eigenvalue weighted by molar-refractivity contribution is 6.09. The third-order valence-corrected chi connectivity index (χ3v) is 22.0. The summed E-state index contributed by atoms with van der Waals surface area (Å²) in [5.74, 6) is 14.1. The minimum atomic E-state index is -0.690. The van der Waals surface area contributed by atoms with Gasteiger partial charge in [0.25, 0.3) is 0 Å². The number of anilines is 1. The molecule has 1 aromatic carbocycles. The lowest BCUT2D eigenvalue weighted by Gasteiger charge is -2.45. The molecule has 0 spiro atoms. The van der Waals surface area contributed by atoms with Crippen LogP contribution in [0.4, 0.5) is 5.69 Å². The molecule has 1 rings (SSSR count). The predicted octanol–water partition coefficient (Wildman–Crippen LogP) is 17.2. The normalized spacial score (nSPS) is 24.0. The van der Waals surface area contributed by atoms with Gasteiger partial charge in [-0.2, -0.15) is 0 Å². The Hall–Kier alpha value is -1.64. The largest absolute Gasteiger partial charge is 0.278 e. The highest BCUT2D eigenvalue weighted by atomic mass is 16.2. The standard InChI is InChI=1S/C59H109NO2/c1-27-34(2)35(3)36(4)37(5)38(6)39(7)40(8)41(9)42(10)43(11)44(12)45(13)46(14)47(15)48(16)49(17)50(18)51(19)52(20)53(21)54(22)55(23)56(24)59(25,26)58(62)60(33-61)57-31-29-28-30-32-57/h28-56H,27H2,1-26H3. The number of carbonyl (C=O) groups excluding carboxylic acids is 2. The summed E-state index contributed by atoms with van der Waals surface area (Å²) in [6, 6.07) is 9.32. The number of hydrogen-bond donors (Lipinski definition) is 0. The van der Waals surface area contributed by atoms with E-state index < -0.39 is 5.41 Å². The maximum absolute atomic E-state index is 13.9. The van der Waals surface area contributed by atoms with E-state index in [1.54, 1.807) is 0 Å². The number of benzene rings is 1. The van der Waals surface area contributed by atoms with Gasteiger partial charge in [0, 0.05) is 5.41 Å². The van der Waals surface area contributed by atoms with E-state index in [4.69, 9.17) is 0 Å². The molecule has 0 aromatic heterocycles. The zero-order valence-corrected chi connectivity index (χ0v) is 46.2. The van der Waals surface area contributed by atoms with Crippen LogP contribution in [0.2, 0.25) is 0 Å². The van der Waals surface area contributed by atoms with E-state index >= 15 is 0 Å². The molecule has 23 atom stereocenters. The summed E-state index contributed by atoms with van der Waals surface area (Å²) in [5.41, 5.74) is -0.0598. The maximum Gasteiger partial charge on any atom is 0.239 e. The van der Waals surface area contributed by atoms with Crippen LogP contribution in [0.25, 0.3) is 0 Å². The molecule has 2 amide bonds. The summed E-state index contributed by atoms with van der Waals surface area (Å²) in [7, 11) is 0. The van der Waals surface area contributed by atoms with Crippen LogP contribution < -0.4 is 4.90 Å². The van der Waals surface area contributed by atoms with Crippen molar-refractivity contribution in [1.29, 1.82) is 0 Å². The van der Waals surface area contributed by atoms with E-state index in [1.165, 1.54) is 11.3 Å². The fraction of sp³-hybridized carbons (Fsp3) is 0.864. The van der Waals surface area contributed by atoms with Crippen LogP contribution in [-0.2, 0) is 9.59 Å². The van der Waals surface area contributed by atoms with Crippen molar-refractivity contribution in [3.63, 3.8) is 0 Å². The number of rotatable bonds is 27. The molecule has 3 nitrogen and oxygen atoms in total. The Morgan fingerprint density at radius 2 is 0.645 bits per heavy atom. The Morgan fingerprint density at radius 1 is 0.419 bits per heavy atom. The highest BCUT2D eigenvalue weighted by Crippen LogP contribution is 2.47. The molecule has 0 aliphatic heterocycles. The van der Waals surface area contributed by atoms with Gasteiger partial charge in [0.1, 0.15) is 0 Å². The van der Waals surface area contributed by atoms with E-state index in [9.17, 15) is 9.59 Å². The van der Waals surface area contributed by atoms with Crippen molar-refractivity contribution in [3.05, 3.63) is 30.3 Å². The Morgan fingerprint density at radius 3 is 0.871 bits per heavy atom. The molecular formula is C59H109NO2. The van der Waals surface area contributed by atoms with E-state index in [-0.39, 0.29) is 11.8 Å². The fourth-order valence-electron chi connectivity index (χ4n) is 12.4. The van der Waals surface area contributed by atoms with Gasteiger partial charge in [-0.05, 0) is 148 Å². The fourth-order valence-corrected chi connectivity index (χ4v) is 12.4. The minimum Gasteiger partial charge on any atom is -0.278 e. The second kappa shape index (κ2) is 25.3. The molecule has 0 saturated heterocycles. The first kappa shape index (κ1) is 58.4. The van der Waals surface area contributed by atoms with Gasteiger partial charge in [0.2, 0.25) is 12.3 Å². The van der Waals surface area contributed by atoms with Gasteiger partial charge in [0.15, 0.2) is 0 Å². The first-order valence-corrected chi connectivity index (χ1v) is 26.3. The predicted molar refractivity (Wildman–Crippen MR) is 275 cm³/mol. The van der Waals surface area contributed by atoms with Crippen LogP contribution in [-0.4, -0.2) is 12.3 Å². The number of amides is 2. The summed E-state index contributed by atoms with van der Waals surface area (Å²) < 4.78 is 0. The van der Waals surface area contributed by atoms with Crippen molar-refractivity contribution >= 4 is 18.0 Å². The van der Waals surface area contributed by atoms with E-state index in [2.05, 4.69) is 166 Å². The molecule has 0 aliphatic carbocycles. The van der Waals surface area contributed by atoms with Crippen molar-refractivity contribution in [1.82, 2.24) is 0 Å². The third-order valence-electron chi connectivity index (χ3n) is 22.0. The lowest BCUT2D eigenvalue weighted by molar-refractivity contribution is -0.132. The molecule has 23 unspecified atom stereocenters. The van der Waals surface area contributed by atoms with Gasteiger partial charge in [-0.3, -0.25) is 14.5 Å². The van der Waals surface area contributed by atoms with Gasteiger partial charge < -0.3 is 0 Å². The molecular weight excluding hydrogens is 755 g/mol. The highest BCUT2D eigenvalue weighted by Gasteiger charge is 2.44. The SMILES string of the molecule is CCC(C)C(C)C(C)C(C)C(C)C(C)C(C)C(C)C(C)C(C)C(C)C(C)C(C)C(C)C(C)C(C)C(C)C(C)C(C)C(C)C(C)C(C)C(C)C(C)(C)C(=O)N(C=O)c1ccccc1. The molecule has 362 valence electrons. The average Bonchev–Trinajstić information content (AvgIpc) is 3.28. The van der Waals surface area contributed by atoms with Gasteiger partial charge in [0.05, 0.1) is 5.69 Å². The summed E-state index contributed by atoms with van der Waals surface area (Å²) in [5, 5.41) is 0. The lowest BCUT2D eigenvalue weighted by atomic mass is 9.61. The van der Waals surface area contributed by atoms with E-state index in [0.717, 1.165) is 29.6 Å². The zero-order valence-electron chi connectivity index (χ0n) is 46.2. The summed E-state index contributed by atoms with van der Waals surface area (Å²) in [6.07, 6.45) is 1.96. The Kier molecular flexibility index (Phi) is 23.8. The maximum atomic E-state index is 13.9. The number of para-hydroxylation sites is 1. The number of hydrogen-bond acceptors (Lipinski definition) is 2. The lowest BCUT2D eigenvalue weighted by Crippen LogP contribution is -2.46. The van der Waals surface area contributed by atoms with Crippen molar-refractivity contribution in [2.75, 3.05) is 4.90 Å². The van der Waals surface area contributed by atoms with E-state index in [0.29, 0.717) is 113 Å². The third kappa shape index (κ3) is 13.7. The molecule has 0 saturated carbocycles. The van der Waals surface area contributed by atoms with Gasteiger partial charge >= 0.3 is 0 Å². The molecule has 0 radical (unpaired) electrons. The summed E-state index contributed by atoms with van der Waals surface area (Å²) in [6.45, 7) is 64.1. The zero-order chi connectivity index (χ0) is 48.5. The van der Waals surface area contributed by atoms with Crippen LogP contribution in [0.5, 0.6) is 0 Å². The second-order valence-corrected chi connectivity index (χ2v) is 24.1. The van der Waals surface area contributed by atoms with Crippen LogP contribution >= 0.6 is 0 Å². The molecule has 62 heavy (non-hydrogen) atoms. The smallest absolute Gasteiger partial charge is 0.239 e. The molecule has 0 aliphatic rings. The first-order chi connectivity index (χ1) is 28.5. The Bertz CT molecular complexity index is 1420. The monoisotopic (exact) mass is 864 g/mol. The quantitative estimate of drug-likeness (QED) is 0.0827. The first-order valence-electron chi connectivity index (χ1n) is 26.3. The molecule has 0 bridgehead atoms. The van der Waals surface area contributed by atoms with Crippen molar-refractivity contribution in [2.24, 2.45) is 142 Å².